The van der Waals surface area contributed by atoms with E-state index in [1.165, 1.54) is 11.4 Å². The molecule has 2 fully saturated rings. The standard InChI is InChI=1S/C19H24N4OS/c1-13-8-9-16(22(13)2)18-17(15-7-3-4-10-20-15)21-19(25)23(18)12-14-6-5-11-24-14/h3-4,7-10,14,17-18H,5-6,11-12H2,1-2H3,(H,21,25)/t14-,17+,18+/m0/s1. The van der Waals surface area contributed by atoms with E-state index in [0.717, 1.165) is 36.8 Å². The number of aryl methyl sites for hydroxylation is 1. The highest BCUT2D eigenvalue weighted by molar-refractivity contribution is 7.80. The van der Waals surface area contributed by atoms with Gasteiger partial charge in [-0.15, -0.1) is 0 Å². The van der Waals surface area contributed by atoms with Gasteiger partial charge in [0.1, 0.15) is 0 Å². The van der Waals surface area contributed by atoms with Gasteiger partial charge >= 0.3 is 0 Å². The zero-order valence-corrected chi connectivity index (χ0v) is 15.5. The average Bonchev–Trinajstić information content (AvgIpc) is 3.32. The van der Waals surface area contributed by atoms with Crippen LogP contribution < -0.4 is 5.32 Å². The number of rotatable bonds is 4. The van der Waals surface area contributed by atoms with Gasteiger partial charge in [-0.25, -0.2) is 0 Å². The van der Waals surface area contributed by atoms with Gasteiger partial charge in [-0.1, -0.05) is 6.07 Å². The second kappa shape index (κ2) is 6.77. The summed E-state index contributed by atoms with van der Waals surface area (Å²) in [5.41, 5.74) is 3.51. The van der Waals surface area contributed by atoms with Crippen molar-refractivity contribution in [2.75, 3.05) is 13.2 Å². The van der Waals surface area contributed by atoms with Gasteiger partial charge in [-0.05, 0) is 56.2 Å². The number of ether oxygens (including phenoxy) is 1. The van der Waals surface area contributed by atoms with Gasteiger partial charge in [0.15, 0.2) is 5.11 Å². The van der Waals surface area contributed by atoms with Gasteiger partial charge in [0.05, 0.1) is 23.9 Å². The van der Waals surface area contributed by atoms with Crippen LogP contribution in [0.5, 0.6) is 0 Å². The summed E-state index contributed by atoms with van der Waals surface area (Å²) in [6.45, 7) is 3.81. The number of nitrogens with one attached hydrogen (secondary N) is 1. The molecule has 132 valence electrons. The Morgan fingerprint density at radius 3 is 2.84 bits per heavy atom. The Bertz CT molecular complexity index is 754. The molecule has 4 rings (SSSR count). The fourth-order valence-corrected chi connectivity index (χ4v) is 4.18. The van der Waals surface area contributed by atoms with Crippen molar-refractivity contribution in [3.8, 4) is 0 Å². The van der Waals surface area contributed by atoms with Crippen molar-refractivity contribution < 1.29 is 4.74 Å². The zero-order valence-electron chi connectivity index (χ0n) is 14.7. The Balaban J connectivity index is 1.71. The molecule has 0 radical (unpaired) electrons. The first-order chi connectivity index (χ1) is 12.1. The number of aromatic nitrogens is 2. The van der Waals surface area contributed by atoms with Crippen LogP contribution in [0.4, 0.5) is 0 Å². The molecule has 0 aliphatic carbocycles. The van der Waals surface area contributed by atoms with Crippen molar-refractivity contribution in [1.29, 1.82) is 0 Å². The van der Waals surface area contributed by atoms with Crippen molar-refractivity contribution in [3.63, 3.8) is 0 Å². The molecule has 5 nitrogen and oxygen atoms in total. The average molecular weight is 356 g/mol. The molecule has 4 heterocycles. The van der Waals surface area contributed by atoms with Gasteiger partial charge < -0.3 is 19.5 Å². The van der Waals surface area contributed by atoms with Crippen molar-refractivity contribution >= 4 is 17.3 Å². The minimum absolute atomic E-state index is 0.0445. The fraction of sp³-hybridized carbons (Fsp3) is 0.474. The maximum atomic E-state index is 5.87. The van der Waals surface area contributed by atoms with Crippen molar-refractivity contribution in [3.05, 3.63) is 53.6 Å². The lowest BCUT2D eigenvalue weighted by molar-refractivity contribution is 0.0835. The molecule has 0 aromatic carbocycles. The first kappa shape index (κ1) is 16.5. The van der Waals surface area contributed by atoms with E-state index < -0.39 is 0 Å². The minimum Gasteiger partial charge on any atom is -0.376 e. The van der Waals surface area contributed by atoms with Crippen LogP contribution >= 0.6 is 12.2 Å². The quantitative estimate of drug-likeness (QED) is 0.854. The first-order valence-electron chi connectivity index (χ1n) is 8.87. The summed E-state index contributed by atoms with van der Waals surface area (Å²) in [5, 5.41) is 4.29. The number of pyridine rings is 1. The Hall–Kier alpha value is -1.92. The van der Waals surface area contributed by atoms with E-state index in [1.807, 2.05) is 18.3 Å². The lowest BCUT2D eigenvalue weighted by atomic mass is 10.0. The molecule has 0 spiro atoms. The SMILES string of the molecule is Cc1ccc([C@@H]2[C@@H](c3ccccn3)NC(=S)N2C[C@@H]2CCCO2)n1C. The zero-order chi connectivity index (χ0) is 17.4. The van der Waals surface area contributed by atoms with Crippen LogP contribution in [0.25, 0.3) is 0 Å². The summed E-state index contributed by atoms with van der Waals surface area (Å²) in [5.74, 6) is 0. The van der Waals surface area contributed by atoms with Crippen LogP contribution in [0.1, 0.15) is 42.0 Å². The van der Waals surface area contributed by atoms with Gasteiger partial charge in [0, 0.05) is 37.8 Å². The summed E-state index contributed by atoms with van der Waals surface area (Å²) < 4.78 is 8.12. The third kappa shape index (κ3) is 3.04. The molecule has 0 bridgehead atoms. The Morgan fingerprint density at radius 2 is 2.20 bits per heavy atom. The molecule has 0 unspecified atom stereocenters. The maximum absolute atomic E-state index is 5.87. The number of hydrogen-bond acceptors (Lipinski definition) is 3. The molecular weight excluding hydrogens is 332 g/mol. The molecule has 2 aliphatic rings. The lowest BCUT2D eigenvalue weighted by Gasteiger charge is -2.30. The highest BCUT2D eigenvalue weighted by atomic mass is 32.1. The van der Waals surface area contributed by atoms with Crippen molar-refractivity contribution in [1.82, 2.24) is 19.8 Å². The van der Waals surface area contributed by atoms with E-state index in [-0.39, 0.29) is 18.2 Å². The highest BCUT2D eigenvalue weighted by Crippen LogP contribution is 2.39. The Labute approximate surface area is 154 Å². The van der Waals surface area contributed by atoms with Crippen LogP contribution in [0.3, 0.4) is 0 Å². The van der Waals surface area contributed by atoms with Gasteiger partial charge in [-0.2, -0.15) is 0 Å². The first-order valence-corrected chi connectivity index (χ1v) is 9.28. The fourth-order valence-electron chi connectivity index (χ4n) is 3.86. The molecular formula is C19H24N4OS. The molecule has 25 heavy (non-hydrogen) atoms. The second-order valence-electron chi connectivity index (χ2n) is 6.87. The van der Waals surface area contributed by atoms with E-state index in [1.54, 1.807) is 0 Å². The van der Waals surface area contributed by atoms with Crippen LogP contribution in [-0.2, 0) is 11.8 Å². The summed E-state index contributed by atoms with van der Waals surface area (Å²) >= 11 is 5.70. The molecule has 2 aromatic heterocycles. The van der Waals surface area contributed by atoms with Crippen molar-refractivity contribution in [2.24, 2.45) is 7.05 Å². The topological polar surface area (TPSA) is 42.3 Å². The normalized spacial score (nSPS) is 26.2. The maximum Gasteiger partial charge on any atom is 0.170 e. The Kier molecular flexibility index (Phi) is 4.48. The van der Waals surface area contributed by atoms with E-state index >= 15 is 0 Å². The molecule has 0 amide bonds. The summed E-state index contributed by atoms with van der Waals surface area (Å²) in [6, 6.07) is 10.6. The predicted molar refractivity (Wildman–Crippen MR) is 101 cm³/mol. The third-order valence-corrected chi connectivity index (χ3v) is 5.69. The largest absolute Gasteiger partial charge is 0.376 e. The molecule has 3 atom stereocenters. The summed E-state index contributed by atoms with van der Waals surface area (Å²) in [6.07, 6.45) is 4.34. The summed E-state index contributed by atoms with van der Waals surface area (Å²) in [7, 11) is 2.12. The van der Waals surface area contributed by atoms with Gasteiger partial charge in [0.2, 0.25) is 0 Å². The molecule has 2 aromatic rings. The molecule has 1 N–H and O–H groups in total. The predicted octanol–water partition coefficient (Wildman–Crippen LogP) is 2.88. The van der Waals surface area contributed by atoms with Crippen molar-refractivity contribution in [2.45, 2.75) is 38.0 Å². The van der Waals surface area contributed by atoms with Gasteiger partial charge in [0.25, 0.3) is 0 Å². The lowest BCUT2D eigenvalue weighted by Crippen LogP contribution is -2.36. The molecule has 2 saturated heterocycles. The van der Waals surface area contributed by atoms with Crippen LogP contribution in [0.2, 0.25) is 0 Å². The third-order valence-electron chi connectivity index (χ3n) is 5.34. The van der Waals surface area contributed by atoms with Crippen LogP contribution in [0, 0.1) is 6.92 Å². The minimum atomic E-state index is 0.0445. The summed E-state index contributed by atoms with van der Waals surface area (Å²) in [4.78, 5) is 6.88. The number of hydrogen-bond donors (Lipinski definition) is 1. The molecule has 0 saturated carbocycles. The monoisotopic (exact) mass is 356 g/mol. The van der Waals surface area contributed by atoms with E-state index in [9.17, 15) is 0 Å². The van der Waals surface area contributed by atoms with Crippen LogP contribution in [-0.4, -0.2) is 38.8 Å². The second-order valence-corrected chi connectivity index (χ2v) is 7.26. The van der Waals surface area contributed by atoms with Crippen LogP contribution in [0.15, 0.2) is 36.5 Å². The van der Waals surface area contributed by atoms with E-state index in [4.69, 9.17) is 17.0 Å². The Morgan fingerprint density at radius 1 is 1.32 bits per heavy atom. The van der Waals surface area contributed by atoms with Gasteiger partial charge in [-0.3, -0.25) is 4.98 Å². The number of nitrogens with zero attached hydrogens (tertiary/aromatic N) is 3. The number of thiocarbonyl (C=S) groups is 1. The highest BCUT2D eigenvalue weighted by Gasteiger charge is 2.42. The molecule has 2 aliphatic heterocycles. The van der Waals surface area contributed by atoms with E-state index in [0.29, 0.717) is 0 Å². The molecule has 6 heteroatoms. The van der Waals surface area contributed by atoms with E-state index in [2.05, 4.69) is 51.9 Å². The smallest absolute Gasteiger partial charge is 0.170 e.